The van der Waals surface area contributed by atoms with Gasteiger partial charge in [-0.15, -0.1) is 0 Å². The molecule has 0 amide bonds. The number of anilines is 1. The van der Waals surface area contributed by atoms with E-state index in [1.165, 1.54) is 31.6 Å². The summed E-state index contributed by atoms with van der Waals surface area (Å²) in [5.74, 6) is 0.781. The van der Waals surface area contributed by atoms with Crippen molar-refractivity contribution >= 4 is 11.3 Å². The van der Waals surface area contributed by atoms with Gasteiger partial charge in [-0.3, -0.25) is 0 Å². The van der Waals surface area contributed by atoms with Crippen molar-refractivity contribution in [3.63, 3.8) is 0 Å². The number of pyridine rings is 1. The van der Waals surface area contributed by atoms with E-state index in [1.54, 1.807) is 0 Å². The molecule has 1 fully saturated rings. The molecular formula is C14H20N4. The number of rotatable bonds is 2. The molecule has 0 spiro atoms. The highest BCUT2D eigenvalue weighted by atomic mass is 15.1. The number of piperidine rings is 1. The van der Waals surface area contributed by atoms with Crippen molar-refractivity contribution in [2.75, 3.05) is 25.9 Å². The minimum Gasteiger partial charge on any atom is -0.398 e. The lowest BCUT2D eigenvalue weighted by Gasteiger charge is -2.28. The molecule has 0 radical (unpaired) electrons. The van der Waals surface area contributed by atoms with Crippen LogP contribution in [0, 0.1) is 5.92 Å². The van der Waals surface area contributed by atoms with Gasteiger partial charge in [0.1, 0.15) is 5.65 Å². The van der Waals surface area contributed by atoms with E-state index in [1.807, 2.05) is 22.7 Å². The molecule has 1 aliphatic rings. The molecule has 0 atom stereocenters. The van der Waals surface area contributed by atoms with Gasteiger partial charge in [0.05, 0.1) is 5.69 Å². The fourth-order valence-corrected chi connectivity index (χ4v) is 2.72. The van der Waals surface area contributed by atoms with E-state index in [-0.39, 0.29) is 0 Å². The zero-order valence-electron chi connectivity index (χ0n) is 10.8. The zero-order valence-corrected chi connectivity index (χ0v) is 10.8. The van der Waals surface area contributed by atoms with Crippen LogP contribution in [0.1, 0.15) is 18.5 Å². The number of fused-ring (bicyclic) bond motifs is 1. The van der Waals surface area contributed by atoms with Gasteiger partial charge < -0.3 is 15.0 Å². The van der Waals surface area contributed by atoms with E-state index in [9.17, 15) is 0 Å². The van der Waals surface area contributed by atoms with Gasteiger partial charge in [-0.25, -0.2) is 4.98 Å². The first-order valence-corrected chi connectivity index (χ1v) is 6.62. The fourth-order valence-electron chi connectivity index (χ4n) is 2.72. The van der Waals surface area contributed by atoms with Crippen LogP contribution in [-0.2, 0) is 6.42 Å². The monoisotopic (exact) mass is 244 g/mol. The molecule has 96 valence electrons. The Balaban J connectivity index is 1.74. The summed E-state index contributed by atoms with van der Waals surface area (Å²) < 4.78 is 2.03. The summed E-state index contributed by atoms with van der Waals surface area (Å²) >= 11 is 0. The van der Waals surface area contributed by atoms with Gasteiger partial charge in [0, 0.05) is 18.1 Å². The number of hydrogen-bond donors (Lipinski definition) is 1. The number of nitrogen functional groups attached to an aromatic ring is 1. The summed E-state index contributed by atoms with van der Waals surface area (Å²) in [6.07, 6.45) is 7.71. The Morgan fingerprint density at radius 3 is 2.83 bits per heavy atom. The van der Waals surface area contributed by atoms with Crippen LogP contribution in [-0.4, -0.2) is 34.4 Å². The largest absolute Gasteiger partial charge is 0.398 e. The second kappa shape index (κ2) is 4.61. The smallest absolute Gasteiger partial charge is 0.137 e. The van der Waals surface area contributed by atoms with Crippen LogP contribution in [0.3, 0.4) is 0 Å². The van der Waals surface area contributed by atoms with Crippen LogP contribution in [0.25, 0.3) is 5.65 Å². The lowest BCUT2D eigenvalue weighted by Crippen LogP contribution is -2.30. The minimum absolute atomic E-state index is 0.781. The molecule has 3 rings (SSSR count). The van der Waals surface area contributed by atoms with Crippen molar-refractivity contribution < 1.29 is 0 Å². The molecule has 1 saturated heterocycles. The van der Waals surface area contributed by atoms with Crippen molar-refractivity contribution in [2.24, 2.45) is 5.92 Å². The van der Waals surface area contributed by atoms with Crippen molar-refractivity contribution in [2.45, 2.75) is 19.3 Å². The Labute approximate surface area is 107 Å². The maximum Gasteiger partial charge on any atom is 0.137 e. The summed E-state index contributed by atoms with van der Waals surface area (Å²) in [7, 11) is 2.20. The molecule has 0 aromatic carbocycles. The van der Waals surface area contributed by atoms with Crippen LogP contribution < -0.4 is 5.73 Å². The van der Waals surface area contributed by atoms with Gasteiger partial charge in [0.2, 0.25) is 0 Å². The highest BCUT2D eigenvalue weighted by molar-refractivity contribution is 5.48. The van der Waals surface area contributed by atoms with Crippen molar-refractivity contribution in [3.8, 4) is 0 Å². The first-order valence-electron chi connectivity index (χ1n) is 6.62. The third-order valence-electron chi connectivity index (χ3n) is 3.86. The molecule has 0 unspecified atom stereocenters. The second-order valence-corrected chi connectivity index (χ2v) is 5.41. The van der Waals surface area contributed by atoms with Gasteiger partial charge in [-0.05, 0) is 57.5 Å². The normalized spacial score (nSPS) is 18.5. The fraction of sp³-hybridized carbons (Fsp3) is 0.500. The predicted octanol–water partition coefficient (Wildman–Crippen LogP) is 1.80. The van der Waals surface area contributed by atoms with Gasteiger partial charge in [0.25, 0.3) is 0 Å². The Bertz CT molecular complexity index is 538. The molecule has 4 heteroatoms. The molecule has 4 nitrogen and oxygen atoms in total. The van der Waals surface area contributed by atoms with Crippen molar-refractivity contribution in [3.05, 3.63) is 30.2 Å². The summed E-state index contributed by atoms with van der Waals surface area (Å²) in [5.41, 5.74) is 8.74. The van der Waals surface area contributed by atoms with Crippen molar-refractivity contribution in [1.29, 1.82) is 0 Å². The zero-order chi connectivity index (χ0) is 12.5. The Kier molecular flexibility index (Phi) is 2.96. The van der Waals surface area contributed by atoms with E-state index in [0.29, 0.717) is 0 Å². The third kappa shape index (κ3) is 2.34. The third-order valence-corrected chi connectivity index (χ3v) is 3.86. The first-order chi connectivity index (χ1) is 8.70. The quantitative estimate of drug-likeness (QED) is 0.876. The molecular weight excluding hydrogens is 224 g/mol. The average Bonchev–Trinajstić information content (AvgIpc) is 2.73. The summed E-state index contributed by atoms with van der Waals surface area (Å²) in [5, 5.41) is 0. The number of likely N-dealkylation sites (tertiary alicyclic amines) is 1. The summed E-state index contributed by atoms with van der Waals surface area (Å²) in [6.45, 7) is 2.43. The lowest BCUT2D eigenvalue weighted by atomic mass is 9.93. The maximum absolute atomic E-state index is 5.78. The van der Waals surface area contributed by atoms with Crippen LogP contribution >= 0.6 is 0 Å². The van der Waals surface area contributed by atoms with E-state index in [4.69, 9.17) is 5.73 Å². The second-order valence-electron chi connectivity index (χ2n) is 5.41. The van der Waals surface area contributed by atoms with E-state index >= 15 is 0 Å². The average molecular weight is 244 g/mol. The molecule has 2 N–H and O–H groups in total. The van der Waals surface area contributed by atoms with Crippen LogP contribution in [0.4, 0.5) is 5.69 Å². The molecule has 2 aromatic heterocycles. The van der Waals surface area contributed by atoms with Gasteiger partial charge >= 0.3 is 0 Å². The summed E-state index contributed by atoms with van der Waals surface area (Å²) in [6, 6.07) is 3.88. The molecule has 0 bridgehead atoms. The van der Waals surface area contributed by atoms with Crippen LogP contribution in [0.15, 0.2) is 24.5 Å². The Morgan fingerprint density at radius 2 is 2.06 bits per heavy atom. The topological polar surface area (TPSA) is 46.6 Å². The van der Waals surface area contributed by atoms with E-state index in [2.05, 4.69) is 23.1 Å². The highest BCUT2D eigenvalue weighted by Crippen LogP contribution is 2.21. The Morgan fingerprint density at radius 1 is 1.28 bits per heavy atom. The van der Waals surface area contributed by atoms with Gasteiger partial charge in [0.15, 0.2) is 0 Å². The molecule has 0 aliphatic carbocycles. The molecule has 18 heavy (non-hydrogen) atoms. The minimum atomic E-state index is 0.781. The number of imidazole rings is 1. The highest BCUT2D eigenvalue weighted by Gasteiger charge is 2.18. The van der Waals surface area contributed by atoms with Crippen LogP contribution in [0.5, 0.6) is 0 Å². The van der Waals surface area contributed by atoms with Crippen LogP contribution in [0.2, 0.25) is 0 Å². The number of nitrogens with two attached hydrogens (primary N) is 1. The SMILES string of the molecule is CN1CCC(Cc2cn3cc(N)ccc3n2)CC1. The standard InChI is InChI=1S/C14H20N4/c1-17-6-4-11(5-7-17)8-13-10-18-9-12(15)2-3-14(18)16-13/h2-3,9-11H,4-8,15H2,1H3. The van der Waals surface area contributed by atoms with E-state index in [0.717, 1.165) is 23.7 Å². The first kappa shape index (κ1) is 11.5. The van der Waals surface area contributed by atoms with Gasteiger partial charge in [-0.2, -0.15) is 0 Å². The molecule has 0 saturated carbocycles. The van der Waals surface area contributed by atoms with Crippen molar-refractivity contribution in [1.82, 2.24) is 14.3 Å². The Hall–Kier alpha value is -1.55. The molecule has 3 heterocycles. The molecule has 2 aromatic rings. The van der Waals surface area contributed by atoms with Gasteiger partial charge in [-0.1, -0.05) is 0 Å². The lowest BCUT2D eigenvalue weighted by molar-refractivity contribution is 0.218. The number of aromatic nitrogens is 2. The maximum atomic E-state index is 5.78. The predicted molar refractivity (Wildman–Crippen MR) is 73.5 cm³/mol. The van der Waals surface area contributed by atoms with E-state index < -0.39 is 0 Å². The molecule has 1 aliphatic heterocycles. The summed E-state index contributed by atoms with van der Waals surface area (Å²) in [4.78, 5) is 7.06. The number of nitrogens with zero attached hydrogens (tertiary/aromatic N) is 3. The number of hydrogen-bond acceptors (Lipinski definition) is 3.